The van der Waals surface area contributed by atoms with Gasteiger partial charge in [-0.2, -0.15) is 0 Å². The van der Waals surface area contributed by atoms with Crippen LogP contribution >= 0.6 is 15.9 Å². The van der Waals surface area contributed by atoms with Gasteiger partial charge >= 0.3 is 0 Å². The van der Waals surface area contributed by atoms with Crippen molar-refractivity contribution in [3.63, 3.8) is 0 Å². The summed E-state index contributed by atoms with van der Waals surface area (Å²) in [6, 6.07) is 4.62. The Morgan fingerprint density at radius 1 is 1.47 bits per heavy atom. The van der Waals surface area contributed by atoms with Crippen molar-refractivity contribution in [3.05, 3.63) is 40.4 Å². The molecular weight excluding hydrogens is 263 g/mol. The molecule has 0 spiro atoms. The minimum absolute atomic E-state index is 0.0879. The van der Waals surface area contributed by atoms with Gasteiger partial charge in [0.2, 0.25) is 0 Å². The minimum Gasteiger partial charge on any atom is -0.390 e. The van der Waals surface area contributed by atoms with E-state index in [0.717, 1.165) is 5.56 Å². The van der Waals surface area contributed by atoms with Gasteiger partial charge in [0, 0.05) is 5.56 Å². The van der Waals surface area contributed by atoms with Crippen molar-refractivity contribution >= 4 is 15.9 Å². The maximum atomic E-state index is 13.0. The molecule has 0 aliphatic carbocycles. The largest absolute Gasteiger partial charge is 0.390 e. The molecule has 0 aliphatic heterocycles. The van der Waals surface area contributed by atoms with E-state index < -0.39 is 0 Å². The molecule has 0 unspecified atom stereocenters. The fourth-order valence-corrected chi connectivity index (χ4v) is 1.61. The zero-order valence-electron chi connectivity index (χ0n) is 7.67. The van der Waals surface area contributed by atoms with Crippen LogP contribution < -0.4 is 0 Å². The number of nitrogens with zero attached hydrogens (tertiary/aromatic N) is 1. The number of halogens is 2. The fraction of sp³-hybridized carbons (Fsp3) is 0.100. The summed E-state index contributed by atoms with van der Waals surface area (Å²) in [6.45, 7) is -0.0879. The lowest BCUT2D eigenvalue weighted by Gasteiger charge is -1.98. The van der Waals surface area contributed by atoms with Crippen molar-refractivity contribution in [3.8, 4) is 11.4 Å². The zero-order chi connectivity index (χ0) is 10.8. The van der Waals surface area contributed by atoms with Gasteiger partial charge in [-0.25, -0.2) is 9.37 Å². The Labute approximate surface area is 94.1 Å². The number of benzene rings is 1. The van der Waals surface area contributed by atoms with Crippen LogP contribution in [0, 0.1) is 5.82 Å². The van der Waals surface area contributed by atoms with Crippen molar-refractivity contribution < 1.29 is 9.50 Å². The number of imidazole rings is 1. The normalized spacial score (nSPS) is 10.6. The number of aliphatic hydroxyl groups excluding tert-OH is 1. The van der Waals surface area contributed by atoms with Gasteiger partial charge in [-0.05, 0) is 34.1 Å². The Morgan fingerprint density at radius 2 is 2.27 bits per heavy atom. The van der Waals surface area contributed by atoms with Crippen molar-refractivity contribution in [1.82, 2.24) is 9.97 Å². The molecule has 5 heteroatoms. The predicted molar refractivity (Wildman–Crippen MR) is 57.6 cm³/mol. The minimum atomic E-state index is -0.312. The van der Waals surface area contributed by atoms with Crippen LogP contribution in [-0.4, -0.2) is 15.1 Å². The van der Waals surface area contributed by atoms with Gasteiger partial charge in [-0.15, -0.1) is 0 Å². The van der Waals surface area contributed by atoms with Crippen molar-refractivity contribution in [1.29, 1.82) is 0 Å². The molecule has 0 amide bonds. The second-order valence-corrected chi connectivity index (χ2v) is 3.90. The van der Waals surface area contributed by atoms with Crippen LogP contribution in [-0.2, 0) is 6.61 Å². The molecular formula is C10H8BrFN2O. The summed E-state index contributed by atoms with van der Waals surface area (Å²) in [5, 5.41) is 8.86. The smallest absolute Gasteiger partial charge is 0.137 e. The highest BCUT2D eigenvalue weighted by atomic mass is 79.9. The third-order valence-corrected chi connectivity index (χ3v) is 2.60. The number of aromatic nitrogens is 2. The molecule has 1 heterocycles. The van der Waals surface area contributed by atoms with Crippen LogP contribution in [0.1, 0.15) is 5.69 Å². The first kappa shape index (κ1) is 10.3. The van der Waals surface area contributed by atoms with Gasteiger partial charge < -0.3 is 10.1 Å². The van der Waals surface area contributed by atoms with E-state index in [1.807, 2.05) is 0 Å². The maximum absolute atomic E-state index is 13.0. The Balaban J connectivity index is 2.40. The van der Waals surface area contributed by atoms with E-state index in [1.54, 1.807) is 18.3 Å². The second kappa shape index (κ2) is 4.12. The van der Waals surface area contributed by atoms with Gasteiger partial charge in [-0.1, -0.05) is 0 Å². The average Bonchev–Trinajstić information content (AvgIpc) is 2.70. The fourth-order valence-electron chi connectivity index (χ4n) is 1.23. The van der Waals surface area contributed by atoms with E-state index in [4.69, 9.17) is 5.11 Å². The number of H-pyrrole nitrogens is 1. The molecule has 2 rings (SSSR count). The Morgan fingerprint density at radius 3 is 2.87 bits per heavy atom. The number of rotatable bonds is 2. The summed E-state index contributed by atoms with van der Waals surface area (Å²) < 4.78 is 13.4. The SMILES string of the molecule is OCc1cnc(-c2ccc(F)c(Br)c2)[nH]1. The zero-order valence-corrected chi connectivity index (χ0v) is 9.25. The average molecular weight is 271 g/mol. The van der Waals surface area contributed by atoms with Crippen molar-refractivity contribution in [2.75, 3.05) is 0 Å². The molecule has 0 saturated carbocycles. The van der Waals surface area contributed by atoms with Crippen LogP contribution in [0.25, 0.3) is 11.4 Å². The van der Waals surface area contributed by atoms with E-state index in [1.165, 1.54) is 6.07 Å². The van der Waals surface area contributed by atoms with Crippen LogP contribution in [0.4, 0.5) is 4.39 Å². The standard InChI is InChI=1S/C10H8BrFN2O/c11-8-3-6(1-2-9(8)12)10-13-4-7(5-15)14-10/h1-4,15H,5H2,(H,13,14). The second-order valence-electron chi connectivity index (χ2n) is 3.04. The molecule has 0 bridgehead atoms. The summed E-state index contributed by atoms with van der Waals surface area (Å²) >= 11 is 3.10. The molecule has 0 fully saturated rings. The summed E-state index contributed by atoms with van der Waals surface area (Å²) in [7, 11) is 0. The molecule has 15 heavy (non-hydrogen) atoms. The molecule has 78 valence electrons. The predicted octanol–water partition coefficient (Wildman–Crippen LogP) is 2.47. The topological polar surface area (TPSA) is 48.9 Å². The first-order chi connectivity index (χ1) is 7.20. The van der Waals surface area contributed by atoms with Gasteiger partial charge in [0.15, 0.2) is 0 Å². The van der Waals surface area contributed by atoms with Gasteiger partial charge in [0.1, 0.15) is 11.6 Å². The van der Waals surface area contributed by atoms with Gasteiger partial charge in [-0.3, -0.25) is 0 Å². The van der Waals surface area contributed by atoms with Crippen LogP contribution in [0.2, 0.25) is 0 Å². The summed E-state index contributed by atoms with van der Waals surface area (Å²) in [5.74, 6) is 0.299. The Kier molecular flexibility index (Phi) is 2.83. The van der Waals surface area contributed by atoms with Gasteiger partial charge in [0.05, 0.1) is 23.0 Å². The number of hydrogen-bond acceptors (Lipinski definition) is 2. The summed E-state index contributed by atoms with van der Waals surface area (Å²) in [4.78, 5) is 6.99. The summed E-state index contributed by atoms with van der Waals surface area (Å²) in [6.07, 6.45) is 1.55. The Hall–Kier alpha value is -1.20. The first-order valence-electron chi connectivity index (χ1n) is 4.31. The highest BCUT2D eigenvalue weighted by Gasteiger charge is 2.05. The lowest BCUT2D eigenvalue weighted by atomic mass is 10.2. The third-order valence-electron chi connectivity index (χ3n) is 1.99. The molecule has 2 aromatic rings. The first-order valence-corrected chi connectivity index (χ1v) is 5.10. The van der Waals surface area contributed by atoms with Crippen LogP contribution in [0.3, 0.4) is 0 Å². The highest BCUT2D eigenvalue weighted by Crippen LogP contribution is 2.23. The quantitative estimate of drug-likeness (QED) is 0.881. The lowest BCUT2D eigenvalue weighted by Crippen LogP contribution is -1.85. The van der Waals surface area contributed by atoms with Crippen LogP contribution in [0.5, 0.6) is 0 Å². The van der Waals surface area contributed by atoms with E-state index in [-0.39, 0.29) is 12.4 Å². The number of nitrogens with one attached hydrogen (secondary N) is 1. The van der Waals surface area contributed by atoms with E-state index >= 15 is 0 Å². The number of aromatic amines is 1. The molecule has 1 aromatic carbocycles. The number of hydrogen-bond donors (Lipinski definition) is 2. The van der Waals surface area contributed by atoms with Crippen LogP contribution in [0.15, 0.2) is 28.9 Å². The van der Waals surface area contributed by atoms with Gasteiger partial charge in [0.25, 0.3) is 0 Å². The molecule has 3 nitrogen and oxygen atoms in total. The lowest BCUT2D eigenvalue weighted by molar-refractivity contribution is 0.277. The van der Waals surface area contributed by atoms with E-state index in [9.17, 15) is 4.39 Å². The molecule has 0 saturated heterocycles. The molecule has 0 atom stereocenters. The molecule has 0 radical (unpaired) electrons. The van der Waals surface area contributed by atoms with Crippen molar-refractivity contribution in [2.24, 2.45) is 0 Å². The Bertz CT molecular complexity index is 484. The third kappa shape index (κ3) is 2.08. The van der Waals surface area contributed by atoms with Crippen molar-refractivity contribution in [2.45, 2.75) is 6.61 Å². The monoisotopic (exact) mass is 270 g/mol. The van der Waals surface area contributed by atoms with E-state index in [0.29, 0.717) is 16.0 Å². The molecule has 1 aromatic heterocycles. The summed E-state index contributed by atoms with van der Waals surface area (Å²) in [5.41, 5.74) is 1.40. The number of aliphatic hydroxyl groups is 1. The van der Waals surface area contributed by atoms with E-state index in [2.05, 4.69) is 25.9 Å². The highest BCUT2D eigenvalue weighted by molar-refractivity contribution is 9.10. The molecule has 2 N–H and O–H groups in total. The molecule has 0 aliphatic rings. The maximum Gasteiger partial charge on any atom is 0.137 e.